The van der Waals surface area contributed by atoms with Gasteiger partial charge in [0.1, 0.15) is 5.82 Å². The molecule has 4 nitrogen and oxygen atoms in total. The average Bonchev–Trinajstić information content (AvgIpc) is 2.72. The van der Waals surface area contributed by atoms with E-state index in [9.17, 15) is 4.39 Å². The SMILES string of the molecule is Cc1cc(CNCc2cn(C)nn2)cc(C)c1F. The fourth-order valence-corrected chi connectivity index (χ4v) is 1.95. The number of benzene rings is 1. The van der Waals surface area contributed by atoms with Crippen molar-refractivity contribution in [2.24, 2.45) is 7.05 Å². The molecule has 0 atom stereocenters. The van der Waals surface area contributed by atoms with Crippen LogP contribution in [0.4, 0.5) is 4.39 Å². The molecule has 2 aromatic rings. The van der Waals surface area contributed by atoms with Crippen molar-refractivity contribution in [2.45, 2.75) is 26.9 Å². The van der Waals surface area contributed by atoms with Crippen molar-refractivity contribution in [2.75, 3.05) is 0 Å². The van der Waals surface area contributed by atoms with Gasteiger partial charge in [0.15, 0.2) is 0 Å². The summed E-state index contributed by atoms with van der Waals surface area (Å²) in [7, 11) is 1.84. The molecule has 0 spiro atoms. The lowest BCUT2D eigenvalue weighted by molar-refractivity contribution is 0.605. The molecule has 1 aromatic heterocycles. The molecule has 0 unspecified atom stereocenters. The second-order valence-electron chi connectivity index (χ2n) is 4.53. The molecule has 0 bridgehead atoms. The smallest absolute Gasteiger partial charge is 0.129 e. The lowest BCUT2D eigenvalue weighted by Gasteiger charge is -2.07. The molecule has 0 saturated carbocycles. The Kier molecular flexibility index (Phi) is 3.72. The normalized spacial score (nSPS) is 10.9. The molecule has 1 heterocycles. The Bertz CT molecular complexity index is 525. The first-order valence-corrected chi connectivity index (χ1v) is 5.88. The van der Waals surface area contributed by atoms with Crippen LogP contribution in [0.25, 0.3) is 0 Å². The zero-order valence-corrected chi connectivity index (χ0v) is 10.9. The standard InChI is InChI=1S/C13H17FN4/c1-9-4-11(5-10(2)13(9)14)6-15-7-12-8-18(3)17-16-12/h4-5,8,15H,6-7H2,1-3H3. The zero-order chi connectivity index (χ0) is 13.1. The number of aryl methyl sites for hydroxylation is 3. The van der Waals surface area contributed by atoms with Gasteiger partial charge in [-0.1, -0.05) is 17.3 Å². The van der Waals surface area contributed by atoms with Crippen molar-refractivity contribution < 1.29 is 4.39 Å². The van der Waals surface area contributed by atoms with Crippen LogP contribution in [0.2, 0.25) is 0 Å². The van der Waals surface area contributed by atoms with Gasteiger partial charge in [0.25, 0.3) is 0 Å². The maximum atomic E-state index is 13.5. The summed E-state index contributed by atoms with van der Waals surface area (Å²) in [5, 5.41) is 11.1. The number of nitrogens with one attached hydrogen (secondary N) is 1. The summed E-state index contributed by atoms with van der Waals surface area (Å²) >= 11 is 0. The first-order chi connectivity index (χ1) is 8.56. The summed E-state index contributed by atoms with van der Waals surface area (Å²) in [6.45, 7) is 4.92. The summed E-state index contributed by atoms with van der Waals surface area (Å²) in [5.74, 6) is -0.118. The highest BCUT2D eigenvalue weighted by Crippen LogP contribution is 2.14. The van der Waals surface area contributed by atoms with Crippen LogP contribution in [-0.2, 0) is 20.1 Å². The monoisotopic (exact) mass is 248 g/mol. The lowest BCUT2D eigenvalue weighted by atomic mass is 10.1. The van der Waals surface area contributed by atoms with Crippen molar-refractivity contribution in [1.82, 2.24) is 20.3 Å². The van der Waals surface area contributed by atoms with Crippen LogP contribution in [0.5, 0.6) is 0 Å². The van der Waals surface area contributed by atoms with Gasteiger partial charge >= 0.3 is 0 Å². The predicted molar refractivity (Wildman–Crippen MR) is 67.4 cm³/mol. The largest absolute Gasteiger partial charge is 0.307 e. The van der Waals surface area contributed by atoms with E-state index in [1.807, 2.05) is 25.4 Å². The maximum absolute atomic E-state index is 13.5. The van der Waals surface area contributed by atoms with Crippen LogP contribution >= 0.6 is 0 Å². The molecular formula is C13H17FN4. The second kappa shape index (κ2) is 5.27. The highest BCUT2D eigenvalue weighted by Gasteiger charge is 2.04. The summed E-state index contributed by atoms with van der Waals surface area (Å²) in [5.41, 5.74) is 3.35. The second-order valence-corrected chi connectivity index (χ2v) is 4.53. The van der Waals surface area contributed by atoms with E-state index in [0.717, 1.165) is 11.3 Å². The fraction of sp³-hybridized carbons (Fsp3) is 0.385. The molecule has 0 radical (unpaired) electrons. The van der Waals surface area contributed by atoms with E-state index < -0.39 is 0 Å². The van der Waals surface area contributed by atoms with Gasteiger partial charge in [-0.15, -0.1) is 5.10 Å². The molecule has 0 aliphatic rings. The maximum Gasteiger partial charge on any atom is 0.129 e. The quantitative estimate of drug-likeness (QED) is 0.898. The Balaban J connectivity index is 1.94. The van der Waals surface area contributed by atoms with Crippen LogP contribution in [0.15, 0.2) is 18.3 Å². The third-order valence-corrected chi connectivity index (χ3v) is 2.78. The van der Waals surface area contributed by atoms with Gasteiger partial charge in [-0.25, -0.2) is 4.39 Å². The number of halogens is 1. The van der Waals surface area contributed by atoms with Gasteiger partial charge in [-0.05, 0) is 30.5 Å². The van der Waals surface area contributed by atoms with Gasteiger partial charge in [-0.2, -0.15) is 0 Å². The van der Waals surface area contributed by atoms with Crippen LogP contribution in [-0.4, -0.2) is 15.0 Å². The Labute approximate surface area is 106 Å². The van der Waals surface area contributed by atoms with Crippen LogP contribution in [0.1, 0.15) is 22.4 Å². The molecule has 18 heavy (non-hydrogen) atoms. The van der Waals surface area contributed by atoms with E-state index in [1.54, 1.807) is 18.5 Å². The highest BCUT2D eigenvalue weighted by molar-refractivity contribution is 5.30. The van der Waals surface area contributed by atoms with Crippen LogP contribution < -0.4 is 5.32 Å². The fourth-order valence-electron chi connectivity index (χ4n) is 1.95. The molecule has 0 aliphatic heterocycles. The minimum absolute atomic E-state index is 0.118. The Morgan fingerprint density at radius 3 is 2.44 bits per heavy atom. The summed E-state index contributed by atoms with van der Waals surface area (Å²) < 4.78 is 15.1. The first kappa shape index (κ1) is 12.7. The highest BCUT2D eigenvalue weighted by atomic mass is 19.1. The van der Waals surface area contributed by atoms with Gasteiger partial charge in [0.05, 0.1) is 5.69 Å². The van der Waals surface area contributed by atoms with E-state index in [1.165, 1.54) is 0 Å². The predicted octanol–water partition coefficient (Wildman–Crippen LogP) is 1.86. The van der Waals surface area contributed by atoms with Crippen molar-refractivity contribution in [1.29, 1.82) is 0 Å². The molecular weight excluding hydrogens is 231 g/mol. The van der Waals surface area contributed by atoms with Crippen molar-refractivity contribution in [3.05, 3.63) is 46.5 Å². The summed E-state index contributed by atoms with van der Waals surface area (Å²) in [4.78, 5) is 0. The van der Waals surface area contributed by atoms with Gasteiger partial charge in [0, 0.05) is 26.3 Å². The number of hydrogen-bond donors (Lipinski definition) is 1. The van der Waals surface area contributed by atoms with E-state index in [4.69, 9.17) is 0 Å². The number of nitrogens with zero attached hydrogens (tertiary/aromatic N) is 3. The average molecular weight is 248 g/mol. The molecule has 0 aliphatic carbocycles. The molecule has 0 amide bonds. The number of aromatic nitrogens is 3. The van der Waals surface area contributed by atoms with Crippen LogP contribution in [0, 0.1) is 19.7 Å². The Hall–Kier alpha value is -1.75. The molecule has 0 saturated heterocycles. The molecule has 1 N–H and O–H groups in total. The van der Waals surface area contributed by atoms with E-state index in [0.29, 0.717) is 24.2 Å². The lowest BCUT2D eigenvalue weighted by Crippen LogP contribution is -2.13. The van der Waals surface area contributed by atoms with Gasteiger partial charge < -0.3 is 5.32 Å². The molecule has 5 heteroatoms. The Morgan fingerprint density at radius 2 is 1.89 bits per heavy atom. The summed E-state index contributed by atoms with van der Waals surface area (Å²) in [6, 6.07) is 3.73. The van der Waals surface area contributed by atoms with E-state index in [-0.39, 0.29) is 5.82 Å². The van der Waals surface area contributed by atoms with Crippen LogP contribution in [0.3, 0.4) is 0 Å². The molecule has 1 aromatic carbocycles. The van der Waals surface area contributed by atoms with E-state index in [2.05, 4.69) is 15.6 Å². The first-order valence-electron chi connectivity index (χ1n) is 5.88. The molecule has 96 valence electrons. The topological polar surface area (TPSA) is 42.7 Å². The van der Waals surface area contributed by atoms with E-state index >= 15 is 0 Å². The van der Waals surface area contributed by atoms with Gasteiger partial charge in [0.2, 0.25) is 0 Å². The van der Waals surface area contributed by atoms with Crippen molar-refractivity contribution in [3.63, 3.8) is 0 Å². The minimum Gasteiger partial charge on any atom is -0.307 e. The van der Waals surface area contributed by atoms with Crippen molar-refractivity contribution >= 4 is 0 Å². The third-order valence-electron chi connectivity index (χ3n) is 2.78. The number of hydrogen-bond acceptors (Lipinski definition) is 3. The summed E-state index contributed by atoms with van der Waals surface area (Å²) in [6.07, 6.45) is 1.87. The zero-order valence-electron chi connectivity index (χ0n) is 10.9. The minimum atomic E-state index is -0.118. The molecule has 0 fully saturated rings. The Morgan fingerprint density at radius 1 is 1.22 bits per heavy atom. The molecule has 2 rings (SSSR count). The van der Waals surface area contributed by atoms with Crippen molar-refractivity contribution in [3.8, 4) is 0 Å². The number of rotatable bonds is 4. The van der Waals surface area contributed by atoms with Gasteiger partial charge in [-0.3, -0.25) is 4.68 Å². The third kappa shape index (κ3) is 2.92.